The van der Waals surface area contributed by atoms with Gasteiger partial charge in [0.1, 0.15) is 0 Å². The predicted octanol–water partition coefficient (Wildman–Crippen LogP) is 4.15. The number of halogens is 1. The average molecular weight is 314 g/mol. The number of nitrogens with zero attached hydrogens (tertiary/aromatic N) is 3. The van der Waals surface area contributed by atoms with E-state index in [0.717, 1.165) is 5.56 Å². The molecule has 22 heavy (non-hydrogen) atoms. The first-order valence-corrected chi connectivity index (χ1v) is 6.92. The summed E-state index contributed by atoms with van der Waals surface area (Å²) in [7, 11) is 0. The van der Waals surface area contributed by atoms with Crippen molar-refractivity contribution in [1.29, 1.82) is 0 Å². The molecule has 2 heterocycles. The quantitative estimate of drug-likeness (QED) is 0.737. The number of pyridine rings is 1. The predicted molar refractivity (Wildman–Crippen MR) is 84.8 cm³/mol. The van der Waals surface area contributed by atoms with Gasteiger partial charge in [0.25, 0.3) is 0 Å². The van der Waals surface area contributed by atoms with Gasteiger partial charge < -0.3 is 9.52 Å². The number of rotatable bonds is 3. The second-order valence-corrected chi connectivity index (χ2v) is 5.10. The molecule has 1 N–H and O–H groups in total. The third-order valence-electron chi connectivity index (χ3n) is 2.95. The Balaban J connectivity index is 1.88. The largest absolute Gasteiger partial charge is 0.479 e. The first-order chi connectivity index (χ1) is 10.6. The first kappa shape index (κ1) is 14.3. The highest BCUT2D eigenvalue weighted by atomic mass is 35.5. The van der Waals surface area contributed by atoms with Crippen molar-refractivity contribution in [3.05, 3.63) is 58.9 Å². The smallest absolute Gasteiger partial charge is 0.312 e. The fourth-order valence-electron chi connectivity index (χ4n) is 1.84. The molecule has 6 heteroatoms. The summed E-state index contributed by atoms with van der Waals surface area (Å²) in [5, 5.41) is 10.4. The summed E-state index contributed by atoms with van der Waals surface area (Å²) in [4.78, 5) is 12.5. The second-order valence-electron chi connectivity index (χ2n) is 4.67. The van der Waals surface area contributed by atoms with E-state index in [0.29, 0.717) is 22.3 Å². The van der Waals surface area contributed by atoms with Crippen LogP contribution in [0.3, 0.4) is 0 Å². The molecule has 1 aromatic carbocycles. The van der Waals surface area contributed by atoms with Gasteiger partial charge in [-0.3, -0.25) is 0 Å². The molecule has 5 nitrogen and oxygen atoms in total. The Morgan fingerprint density at radius 3 is 2.73 bits per heavy atom. The Labute approximate surface area is 132 Å². The molecule has 3 aromatic rings. The van der Waals surface area contributed by atoms with Gasteiger partial charge in [-0.2, -0.15) is 0 Å². The van der Waals surface area contributed by atoms with E-state index < -0.39 is 0 Å². The lowest BCUT2D eigenvalue weighted by atomic mass is 10.2. The van der Waals surface area contributed by atoms with Crippen LogP contribution >= 0.6 is 11.6 Å². The van der Waals surface area contributed by atoms with Crippen LogP contribution in [0.1, 0.15) is 11.3 Å². The lowest BCUT2D eigenvalue weighted by Crippen LogP contribution is -1.84. The molecular weight excluding hydrogens is 302 g/mol. The van der Waals surface area contributed by atoms with Gasteiger partial charge in [0.15, 0.2) is 11.5 Å². The van der Waals surface area contributed by atoms with Gasteiger partial charge in [-0.05, 0) is 48.9 Å². The second kappa shape index (κ2) is 5.99. The SMILES string of the molecule is Cc1ccnc(N=Cc2nc(-c3ccc(Cl)cc3)oc2O)c1. The van der Waals surface area contributed by atoms with E-state index in [1.165, 1.54) is 6.21 Å². The van der Waals surface area contributed by atoms with Crippen LogP contribution in [0.25, 0.3) is 11.5 Å². The number of hydrogen-bond acceptors (Lipinski definition) is 5. The molecule has 0 atom stereocenters. The number of aliphatic imine (C=N–C) groups is 1. The fraction of sp³-hybridized carbons (Fsp3) is 0.0625. The third kappa shape index (κ3) is 3.15. The lowest BCUT2D eigenvalue weighted by molar-refractivity contribution is 0.337. The number of aromatic hydroxyl groups is 1. The lowest BCUT2D eigenvalue weighted by Gasteiger charge is -1.94. The highest BCUT2D eigenvalue weighted by Gasteiger charge is 2.12. The van der Waals surface area contributed by atoms with Crippen LogP contribution in [0, 0.1) is 6.92 Å². The van der Waals surface area contributed by atoms with Gasteiger partial charge in [-0.1, -0.05) is 11.6 Å². The van der Waals surface area contributed by atoms with E-state index >= 15 is 0 Å². The van der Waals surface area contributed by atoms with Gasteiger partial charge in [0, 0.05) is 16.8 Å². The zero-order valence-corrected chi connectivity index (χ0v) is 12.4. The van der Waals surface area contributed by atoms with E-state index in [2.05, 4.69) is 15.0 Å². The molecule has 2 aromatic heterocycles. The van der Waals surface area contributed by atoms with Crippen molar-refractivity contribution in [2.45, 2.75) is 6.92 Å². The van der Waals surface area contributed by atoms with Crippen molar-refractivity contribution in [3.63, 3.8) is 0 Å². The number of benzene rings is 1. The molecule has 0 amide bonds. The minimum absolute atomic E-state index is 0.244. The summed E-state index contributed by atoms with van der Waals surface area (Å²) in [5.41, 5.74) is 2.01. The first-order valence-electron chi connectivity index (χ1n) is 6.54. The van der Waals surface area contributed by atoms with E-state index in [1.54, 1.807) is 30.5 Å². The molecular formula is C16H12ClN3O2. The fourth-order valence-corrected chi connectivity index (χ4v) is 1.97. The Hall–Kier alpha value is -2.66. The van der Waals surface area contributed by atoms with Crippen LogP contribution in [0.4, 0.5) is 5.82 Å². The summed E-state index contributed by atoms with van der Waals surface area (Å²) in [6.45, 7) is 1.95. The van der Waals surface area contributed by atoms with Gasteiger partial charge in [-0.25, -0.2) is 15.0 Å². The molecule has 0 radical (unpaired) electrons. The van der Waals surface area contributed by atoms with Crippen LogP contribution in [0.2, 0.25) is 5.02 Å². The van der Waals surface area contributed by atoms with Crippen LogP contribution in [0.5, 0.6) is 5.95 Å². The monoisotopic (exact) mass is 313 g/mol. The summed E-state index contributed by atoms with van der Waals surface area (Å²) in [6.07, 6.45) is 3.09. The maximum Gasteiger partial charge on any atom is 0.312 e. The van der Waals surface area contributed by atoms with Crippen molar-refractivity contribution < 1.29 is 9.52 Å². The van der Waals surface area contributed by atoms with Crippen LogP contribution < -0.4 is 0 Å². The number of hydrogen-bond donors (Lipinski definition) is 1. The average Bonchev–Trinajstić information content (AvgIpc) is 2.87. The van der Waals surface area contributed by atoms with Crippen LogP contribution in [-0.2, 0) is 0 Å². The Bertz CT molecular complexity index is 826. The van der Waals surface area contributed by atoms with Gasteiger partial charge in [0.05, 0.1) is 6.21 Å². The molecule has 0 bridgehead atoms. The number of oxazole rings is 1. The van der Waals surface area contributed by atoms with Crippen molar-refractivity contribution in [3.8, 4) is 17.4 Å². The third-order valence-corrected chi connectivity index (χ3v) is 3.20. The van der Waals surface area contributed by atoms with Crippen molar-refractivity contribution in [2.24, 2.45) is 4.99 Å². The molecule has 0 spiro atoms. The topological polar surface area (TPSA) is 71.5 Å². The molecule has 0 aliphatic rings. The summed E-state index contributed by atoms with van der Waals surface area (Å²) >= 11 is 5.84. The summed E-state index contributed by atoms with van der Waals surface area (Å²) in [6, 6.07) is 10.7. The van der Waals surface area contributed by atoms with Gasteiger partial charge in [-0.15, -0.1) is 0 Å². The van der Waals surface area contributed by atoms with Crippen molar-refractivity contribution in [1.82, 2.24) is 9.97 Å². The molecule has 3 rings (SSSR count). The summed E-state index contributed by atoms with van der Waals surface area (Å²) < 4.78 is 5.24. The Kier molecular flexibility index (Phi) is 3.89. The highest BCUT2D eigenvalue weighted by Crippen LogP contribution is 2.26. The highest BCUT2D eigenvalue weighted by molar-refractivity contribution is 6.30. The minimum atomic E-state index is -0.290. The summed E-state index contributed by atoms with van der Waals surface area (Å²) in [5.74, 6) is 0.546. The zero-order chi connectivity index (χ0) is 15.5. The number of aromatic nitrogens is 2. The van der Waals surface area contributed by atoms with E-state index in [4.69, 9.17) is 16.0 Å². The molecule has 0 saturated carbocycles. The standard InChI is InChI=1S/C16H12ClN3O2/c1-10-6-7-18-14(8-10)19-9-13-16(21)22-15(20-13)11-2-4-12(17)5-3-11/h2-9,21H,1H3. The van der Waals surface area contributed by atoms with Gasteiger partial charge >= 0.3 is 5.95 Å². The zero-order valence-electron chi connectivity index (χ0n) is 11.7. The molecule has 0 unspecified atom stereocenters. The maximum absolute atomic E-state index is 9.81. The van der Waals surface area contributed by atoms with Gasteiger partial charge in [0.2, 0.25) is 5.89 Å². The van der Waals surface area contributed by atoms with E-state index in [-0.39, 0.29) is 11.6 Å². The molecule has 110 valence electrons. The van der Waals surface area contributed by atoms with Crippen LogP contribution in [0.15, 0.2) is 52.0 Å². The molecule has 0 aliphatic carbocycles. The van der Waals surface area contributed by atoms with E-state index in [9.17, 15) is 5.11 Å². The molecule has 0 fully saturated rings. The van der Waals surface area contributed by atoms with Crippen LogP contribution in [-0.4, -0.2) is 21.3 Å². The Morgan fingerprint density at radius 1 is 1.23 bits per heavy atom. The Morgan fingerprint density at radius 2 is 2.00 bits per heavy atom. The number of aryl methyl sites for hydroxylation is 1. The minimum Gasteiger partial charge on any atom is -0.479 e. The van der Waals surface area contributed by atoms with E-state index in [1.807, 2.05) is 19.1 Å². The molecule has 0 saturated heterocycles. The normalized spacial score (nSPS) is 11.2. The molecule has 0 aliphatic heterocycles. The van der Waals surface area contributed by atoms with Crippen molar-refractivity contribution >= 4 is 23.6 Å². The maximum atomic E-state index is 9.81. The van der Waals surface area contributed by atoms with Crippen molar-refractivity contribution in [2.75, 3.05) is 0 Å².